The molecule has 0 radical (unpaired) electrons. The van der Waals surface area contributed by atoms with Crippen LogP contribution in [0, 0.1) is 0 Å². The Morgan fingerprint density at radius 2 is 2.05 bits per heavy atom. The molecule has 0 saturated heterocycles. The Hall–Kier alpha value is -1.16. The van der Waals surface area contributed by atoms with E-state index >= 15 is 0 Å². The lowest BCUT2D eigenvalue weighted by Crippen LogP contribution is -2.09. The van der Waals surface area contributed by atoms with Gasteiger partial charge in [0.15, 0.2) is 17.0 Å². The van der Waals surface area contributed by atoms with E-state index in [4.69, 9.17) is 0 Å². The van der Waals surface area contributed by atoms with Gasteiger partial charge in [-0.3, -0.25) is 3.97 Å². The van der Waals surface area contributed by atoms with Crippen LogP contribution >= 0.6 is 23.7 Å². The average Bonchev–Trinajstić information content (AvgIpc) is 2.82. The topological polar surface area (TPSA) is 55.6 Å². The summed E-state index contributed by atoms with van der Waals surface area (Å²) in [5.41, 5.74) is 1.09. The van der Waals surface area contributed by atoms with E-state index in [-0.39, 0.29) is 5.75 Å². The van der Waals surface area contributed by atoms with Crippen LogP contribution in [0.3, 0.4) is 0 Å². The number of rotatable bonds is 7. The molecule has 0 unspecified atom stereocenters. The Labute approximate surface area is 128 Å². The minimum absolute atomic E-state index is 0.0752. The van der Waals surface area contributed by atoms with Gasteiger partial charge < -0.3 is 5.32 Å². The van der Waals surface area contributed by atoms with E-state index in [1.165, 1.54) is 12.7 Å². The van der Waals surface area contributed by atoms with Crippen molar-refractivity contribution in [3.05, 3.63) is 12.7 Å². The Kier molecular flexibility index (Phi) is 5.57. The molecule has 0 saturated carbocycles. The highest BCUT2D eigenvalue weighted by Gasteiger charge is 2.26. The largest absolute Gasteiger partial charge is 0.389 e. The summed E-state index contributed by atoms with van der Waals surface area (Å²) in [5, 5.41) is 3.15. The first-order chi connectivity index (χ1) is 10.0. The second-order valence-corrected chi connectivity index (χ2v) is 6.13. The lowest BCUT2D eigenvalue weighted by Gasteiger charge is -2.07. The molecule has 116 valence electrons. The van der Waals surface area contributed by atoms with Gasteiger partial charge in [0.05, 0.1) is 6.42 Å². The zero-order valence-corrected chi connectivity index (χ0v) is 12.9. The van der Waals surface area contributed by atoms with Gasteiger partial charge in [0.2, 0.25) is 0 Å². The number of nitrogens with one attached hydrogen (secondary N) is 1. The summed E-state index contributed by atoms with van der Waals surface area (Å²) in [6.07, 6.45) is -0.139. The maximum Gasteiger partial charge on any atom is 0.389 e. The predicted molar refractivity (Wildman–Crippen MR) is 80.7 cm³/mol. The molecule has 2 heterocycles. The molecule has 10 heteroatoms. The van der Waals surface area contributed by atoms with Crippen molar-refractivity contribution in [1.29, 1.82) is 0 Å². The standard InChI is InChI=1S/C11H14F3N5S2/c1-20-5-3-15-9-8-10(17-6-16-9)19(7-18-8)21-4-2-11(12,13)14/h6-7H,2-5H2,1H3,(H,15,16,17). The molecule has 0 aliphatic carbocycles. The van der Waals surface area contributed by atoms with Crippen molar-refractivity contribution in [2.24, 2.45) is 0 Å². The number of halogens is 3. The second kappa shape index (κ2) is 7.21. The monoisotopic (exact) mass is 337 g/mol. The number of nitrogens with zero attached hydrogens (tertiary/aromatic N) is 4. The Balaban J connectivity index is 2.07. The summed E-state index contributed by atoms with van der Waals surface area (Å²) < 4.78 is 38.0. The fourth-order valence-electron chi connectivity index (χ4n) is 1.57. The highest BCUT2D eigenvalue weighted by atomic mass is 32.2. The quantitative estimate of drug-likeness (QED) is 0.784. The Morgan fingerprint density at radius 1 is 1.24 bits per heavy atom. The van der Waals surface area contributed by atoms with Gasteiger partial charge in [0, 0.05) is 18.1 Å². The van der Waals surface area contributed by atoms with Gasteiger partial charge in [-0.2, -0.15) is 24.9 Å². The Morgan fingerprint density at radius 3 is 2.76 bits per heavy atom. The van der Waals surface area contributed by atoms with Crippen molar-refractivity contribution in [2.45, 2.75) is 12.6 Å². The number of aromatic nitrogens is 4. The highest BCUT2D eigenvalue weighted by Crippen LogP contribution is 2.25. The van der Waals surface area contributed by atoms with Crippen molar-refractivity contribution >= 4 is 40.7 Å². The van der Waals surface area contributed by atoms with E-state index in [2.05, 4.69) is 20.3 Å². The molecule has 2 aromatic rings. The van der Waals surface area contributed by atoms with Crippen molar-refractivity contribution < 1.29 is 13.2 Å². The number of fused-ring (bicyclic) bond motifs is 1. The lowest BCUT2D eigenvalue weighted by atomic mass is 10.5. The molecular weight excluding hydrogens is 323 g/mol. The molecule has 0 aliphatic heterocycles. The van der Waals surface area contributed by atoms with E-state index in [9.17, 15) is 13.2 Å². The molecule has 0 aliphatic rings. The van der Waals surface area contributed by atoms with Gasteiger partial charge in [0.25, 0.3) is 0 Å². The van der Waals surface area contributed by atoms with E-state index in [0.29, 0.717) is 17.0 Å². The van der Waals surface area contributed by atoms with Crippen LogP contribution in [0.5, 0.6) is 0 Å². The average molecular weight is 337 g/mol. The highest BCUT2D eigenvalue weighted by molar-refractivity contribution is 7.98. The maximum atomic E-state index is 12.2. The molecule has 0 atom stereocenters. The van der Waals surface area contributed by atoms with E-state index in [1.807, 2.05) is 6.26 Å². The normalized spacial score (nSPS) is 12.0. The van der Waals surface area contributed by atoms with Crippen LogP contribution in [0.25, 0.3) is 11.2 Å². The number of hydrogen-bond donors (Lipinski definition) is 1. The van der Waals surface area contributed by atoms with Gasteiger partial charge in [-0.05, 0) is 18.2 Å². The first kappa shape index (κ1) is 16.2. The molecule has 0 fully saturated rings. The van der Waals surface area contributed by atoms with Crippen molar-refractivity contribution in [2.75, 3.05) is 29.6 Å². The molecule has 1 N–H and O–H groups in total. The molecule has 0 bridgehead atoms. The third kappa shape index (κ3) is 4.67. The van der Waals surface area contributed by atoms with Gasteiger partial charge in [-0.15, -0.1) is 0 Å². The summed E-state index contributed by atoms with van der Waals surface area (Å²) in [4.78, 5) is 12.4. The van der Waals surface area contributed by atoms with E-state index in [1.54, 1.807) is 15.7 Å². The van der Waals surface area contributed by atoms with E-state index in [0.717, 1.165) is 24.2 Å². The molecule has 0 spiro atoms. The SMILES string of the molecule is CSCCNc1ncnc2c1ncn2SCCC(F)(F)F. The minimum atomic E-state index is -4.15. The third-order valence-corrected chi connectivity index (χ3v) is 4.06. The summed E-state index contributed by atoms with van der Waals surface area (Å²) >= 11 is 2.74. The summed E-state index contributed by atoms with van der Waals surface area (Å²) in [6.45, 7) is 0.737. The molecule has 0 amide bonds. The van der Waals surface area contributed by atoms with Crippen LogP contribution in [0.2, 0.25) is 0 Å². The summed E-state index contributed by atoms with van der Waals surface area (Å²) in [6, 6.07) is 0. The fraction of sp³-hybridized carbons (Fsp3) is 0.545. The van der Waals surface area contributed by atoms with Crippen LogP contribution in [0.4, 0.5) is 19.0 Å². The fourth-order valence-corrected chi connectivity index (χ4v) is 2.76. The smallest absolute Gasteiger partial charge is 0.367 e. The van der Waals surface area contributed by atoms with Crippen LogP contribution in [-0.2, 0) is 0 Å². The number of hydrogen-bond acceptors (Lipinski definition) is 6. The zero-order chi connectivity index (χ0) is 15.3. The minimum Gasteiger partial charge on any atom is -0.367 e. The number of anilines is 1. The first-order valence-electron chi connectivity index (χ1n) is 6.12. The zero-order valence-electron chi connectivity index (χ0n) is 11.2. The summed E-state index contributed by atoms with van der Waals surface area (Å²) in [5.74, 6) is 1.45. The van der Waals surface area contributed by atoms with Gasteiger partial charge >= 0.3 is 6.18 Å². The molecule has 5 nitrogen and oxygen atoms in total. The number of thioether (sulfide) groups is 1. The van der Waals surface area contributed by atoms with Crippen LogP contribution in [0.15, 0.2) is 12.7 Å². The predicted octanol–water partition coefficient (Wildman–Crippen LogP) is 3.05. The number of alkyl halides is 3. The third-order valence-electron chi connectivity index (χ3n) is 2.52. The molecule has 2 rings (SSSR count). The molecule has 2 aromatic heterocycles. The van der Waals surface area contributed by atoms with Crippen molar-refractivity contribution in [3.8, 4) is 0 Å². The van der Waals surface area contributed by atoms with Crippen LogP contribution in [-0.4, -0.2) is 49.4 Å². The molecule has 21 heavy (non-hydrogen) atoms. The van der Waals surface area contributed by atoms with Gasteiger partial charge in [0.1, 0.15) is 12.7 Å². The van der Waals surface area contributed by atoms with Gasteiger partial charge in [-0.25, -0.2) is 15.0 Å². The maximum absolute atomic E-state index is 12.2. The van der Waals surface area contributed by atoms with Crippen LogP contribution < -0.4 is 5.32 Å². The summed E-state index contributed by atoms with van der Waals surface area (Å²) in [7, 11) is 0. The molecule has 0 aromatic carbocycles. The van der Waals surface area contributed by atoms with Crippen LogP contribution in [0.1, 0.15) is 6.42 Å². The van der Waals surface area contributed by atoms with Crippen molar-refractivity contribution in [3.63, 3.8) is 0 Å². The van der Waals surface area contributed by atoms with Gasteiger partial charge in [-0.1, -0.05) is 0 Å². The van der Waals surface area contributed by atoms with E-state index < -0.39 is 12.6 Å². The number of imidazole rings is 1. The second-order valence-electron chi connectivity index (χ2n) is 4.08. The lowest BCUT2D eigenvalue weighted by molar-refractivity contribution is -0.129. The first-order valence-corrected chi connectivity index (χ1v) is 8.46. The van der Waals surface area contributed by atoms with Crippen molar-refractivity contribution in [1.82, 2.24) is 18.9 Å². The molecular formula is C11H14F3N5S2. The Bertz CT molecular complexity index is 587.